The molecule has 0 saturated heterocycles. The molecule has 1 aromatic heterocycles. The van der Waals surface area contributed by atoms with Gasteiger partial charge in [-0.3, -0.25) is 15.6 Å². The van der Waals surface area contributed by atoms with E-state index in [1.54, 1.807) is 0 Å². The summed E-state index contributed by atoms with van der Waals surface area (Å²) < 4.78 is 0. The smallest absolute Gasteiger partial charge is 0.238 e. The van der Waals surface area contributed by atoms with Gasteiger partial charge >= 0.3 is 0 Å². The first kappa shape index (κ1) is 21.9. The molecule has 1 fully saturated rings. The minimum absolute atomic E-state index is 0.100. The Morgan fingerprint density at radius 3 is 2.48 bits per heavy atom. The molecule has 0 radical (unpaired) electrons. The van der Waals surface area contributed by atoms with Crippen LogP contribution in [0.2, 0.25) is 0 Å². The van der Waals surface area contributed by atoms with Gasteiger partial charge in [-0.05, 0) is 62.6 Å². The maximum atomic E-state index is 12.2. The summed E-state index contributed by atoms with van der Waals surface area (Å²) in [5.74, 6) is 1.17. The molecule has 3 N–H and O–H groups in total. The fourth-order valence-corrected chi connectivity index (χ4v) is 4.24. The monoisotopic (exact) mass is 409 g/mol. The largest absolute Gasteiger partial charge is 0.358 e. The number of carbonyl (C=O) groups is 1. The van der Waals surface area contributed by atoms with Crippen molar-refractivity contribution in [2.24, 2.45) is 11.8 Å². The molecular weight excluding hydrogens is 378 g/mol. The lowest BCUT2D eigenvalue weighted by Gasteiger charge is -2.35. The maximum absolute atomic E-state index is 12.2. The molecule has 150 valence electrons. The van der Waals surface area contributed by atoms with Gasteiger partial charge in [-0.2, -0.15) is 0 Å². The quantitative estimate of drug-likeness (QED) is 0.298. The zero-order valence-corrected chi connectivity index (χ0v) is 18.5. The van der Waals surface area contributed by atoms with E-state index in [1.807, 2.05) is 20.1 Å². The standard InChI is InChI=1S/C19H31N5OS2/c1-11-7-6-8-16(12(11)2)22-18(26)24-23-17(25)10-9-15-13(3)20-19(27-5)21-14(15)4/h11-12,16H,6-10H2,1-5H3,(H,23,25)(H2,22,24,26)/t11-,12-,16+/m0/s1. The highest BCUT2D eigenvalue weighted by Gasteiger charge is 2.27. The number of nitrogens with one attached hydrogen (secondary N) is 3. The van der Waals surface area contributed by atoms with Crippen LogP contribution in [0, 0.1) is 25.7 Å². The molecule has 3 atom stereocenters. The zero-order chi connectivity index (χ0) is 20.0. The number of hydrazine groups is 1. The van der Waals surface area contributed by atoms with Gasteiger partial charge in [0.05, 0.1) is 0 Å². The van der Waals surface area contributed by atoms with Crippen LogP contribution in [-0.2, 0) is 11.2 Å². The van der Waals surface area contributed by atoms with Crippen LogP contribution in [0.5, 0.6) is 0 Å². The van der Waals surface area contributed by atoms with Crippen LogP contribution in [0.3, 0.4) is 0 Å². The van der Waals surface area contributed by atoms with Crippen molar-refractivity contribution in [1.29, 1.82) is 0 Å². The number of thiocarbonyl (C=S) groups is 1. The van der Waals surface area contributed by atoms with Crippen LogP contribution < -0.4 is 16.2 Å². The van der Waals surface area contributed by atoms with Gasteiger partial charge in [-0.15, -0.1) is 0 Å². The van der Waals surface area contributed by atoms with E-state index in [0.717, 1.165) is 28.5 Å². The summed E-state index contributed by atoms with van der Waals surface area (Å²) in [6.07, 6.45) is 6.53. The van der Waals surface area contributed by atoms with E-state index in [0.29, 0.717) is 35.8 Å². The lowest BCUT2D eigenvalue weighted by atomic mass is 9.78. The third-order valence-corrected chi connectivity index (χ3v) is 6.29. The molecule has 1 aliphatic carbocycles. The van der Waals surface area contributed by atoms with Crippen molar-refractivity contribution >= 4 is 35.0 Å². The molecular formula is C19H31N5OS2. The minimum Gasteiger partial charge on any atom is -0.358 e. The highest BCUT2D eigenvalue weighted by Crippen LogP contribution is 2.29. The van der Waals surface area contributed by atoms with E-state index in [9.17, 15) is 4.79 Å². The van der Waals surface area contributed by atoms with Crippen molar-refractivity contribution in [2.45, 2.75) is 71.0 Å². The molecule has 6 nitrogen and oxygen atoms in total. The van der Waals surface area contributed by atoms with E-state index in [-0.39, 0.29) is 5.91 Å². The molecule has 1 saturated carbocycles. The van der Waals surface area contributed by atoms with Crippen molar-refractivity contribution in [3.8, 4) is 0 Å². The lowest BCUT2D eigenvalue weighted by molar-refractivity contribution is -0.121. The Morgan fingerprint density at radius 1 is 1.19 bits per heavy atom. The number of nitrogens with zero attached hydrogens (tertiary/aromatic N) is 2. The van der Waals surface area contributed by atoms with Gasteiger partial charge < -0.3 is 5.32 Å². The summed E-state index contributed by atoms with van der Waals surface area (Å²) in [6, 6.07) is 0.364. The fraction of sp³-hybridized carbons (Fsp3) is 0.684. The van der Waals surface area contributed by atoms with Crippen LogP contribution in [0.4, 0.5) is 0 Å². The Bertz CT molecular complexity index is 659. The number of thioether (sulfide) groups is 1. The summed E-state index contributed by atoms with van der Waals surface area (Å²) in [4.78, 5) is 21.1. The molecule has 0 spiro atoms. The minimum atomic E-state index is -0.100. The van der Waals surface area contributed by atoms with E-state index in [2.05, 4.69) is 40.0 Å². The highest BCUT2D eigenvalue weighted by atomic mass is 32.2. The third-order valence-electron chi connectivity index (χ3n) is 5.52. The molecule has 0 bridgehead atoms. The first-order chi connectivity index (χ1) is 12.8. The van der Waals surface area contributed by atoms with Crippen molar-refractivity contribution in [3.05, 3.63) is 17.0 Å². The molecule has 0 aliphatic heterocycles. The van der Waals surface area contributed by atoms with Gasteiger partial charge in [0.1, 0.15) is 0 Å². The van der Waals surface area contributed by atoms with Crippen LogP contribution in [-0.4, -0.2) is 33.3 Å². The average molecular weight is 410 g/mol. The van der Waals surface area contributed by atoms with Crippen LogP contribution in [0.25, 0.3) is 0 Å². The summed E-state index contributed by atoms with van der Waals surface area (Å²) >= 11 is 6.86. The van der Waals surface area contributed by atoms with Gasteiger partial charge in [0.15, 0.2) is 10.3 Å². The van der Waals surface area contributed by atoms with Gasteiger partial charge in [-0.25, -0.2) is 9.97 Å². The predicted molar refractivity (Wildman–Crippen MR) is 115 cm³/mol. The van der Waals surface area contributed by atoms with E-state index >= 15 is 0 Å². The Kier molecular flexibility index (Phi) is 8.28. The number of carbonyl (C=O) groups excluding carboxylic acids is 1. The van der Waals surface area contributed by atoms with Crippen molar-refractivity contribution < 1.29 is 4.79 Å². The van der Waals surface area contributed by atoms with Gasteiger partial charge in [0, 0.05) is 23.9 Å². The summed E-state index contributed by atoms with van der Waals surface area (Å²) in [7, 11) is 0. The second kappa shape index (κ2) is 10.2. The Balaban J connectivity index is 1.77. The topological polar surface area (TPSA) is 78.9 Å². The van der Waals surface area contributed by atoms with Gasteiger partial charge in [0.2, 0.25) is 5.91 Å². The Hall–Kier alpha value is -1.41. The molecule has 1 aliphatic rings. The number of hydrogen-bond donors (Lipinski definition) is 3. The van der Waals surface area contributed by atoms with Gasteiger partial charge in [-0.1, -0.05) is 38.5 Å². The molecule has 0 unspecified atom stereocenters. The SMILES string of the molecule is CSc1nc(C)c(CCC(=O)NNC(=S)N[C@@H]2CCC[C@H](C)[C@@H]2C)c(C)n1. The van der Waals surface area contributed by atoms with Gasteiger partial charge in [0.25, 0.3) is 0 Å². The predicted octanol–water partition coefficient (Wildman–Crippen LogP) is 3.07. The normalized spacial score (nSPS) is 22.2. The van der Waals surface area contributed by atoms with Crippen LogP contribution >= 0.6 is 24.0 Å². The summed E-state index contributed by atoms with van der Waals surface area (Å²) in [5.41, 5.74) is 8.43. The number of aromatic nitrogens is 2. The summed E-state index contributed by atoms with van der Waals surface area (Å²) in [6.45, 7) is 8.48. The highest BCUT2D eigenvalue weighted by molar-refractivity contribution is 7.98. The molecule has 1 amide bonds. The number of hydrogen-bond acceptors (Lipinski definition) is 5. The second-order valence-corrected chi connectivity index (χ2v) is 8.56. The molecule has 1 heterocycles. The number of aryl methyl sites for hydroxylation is 2. The second-order valence-electron chi connectivity index (χ2n) is 7.38. The number of amides is 1. The first-order valence-corrected chi connectivity index (χ1v) is 11.2. The maximum Gasteiger partial charge on any atom is 0.238 e. The third kappa shape index (κ3) is 6.31. The fourth-order valence-electron chi connectivity index (χ4n) is 3.58. The van der Waals surface area contributed by atoms with E-state index < -0.39 is 0 Å². The number of rotatable bonds is 5. The molecule has 2 rings (SSSR count). The molecule has 0 aromatic carbocycles. The molecule has 27 heavy (non-hydrogen) atoms. The molecule has 8 heteroatoms. The van der Waals surface area contributed by atoms with Crippen molar-refractivity contribution in [3.63, 3.8) is 0 Å². The van der Waals surface area contributed by atoms with Crippen molar-refractivity contribution in [1.82, 2.24) is 26.1 Å². The Morgan fingerprint density at radius 2 is 1.85 bits per heavy atom. The van der Waals surface area contributed by atoms with Crippen molar-refractivity contribution in [2.75, 3.05) is 6.26 Å². The van der Waals surface area contributed by atoms with Crippen LogP contribution in [0.1, 0.15) is 56.5 Å². The zero-order valence-electron chi connectivity index (χ0n) is 16.9. The van der Waals surface area contributed by atoms with E-state index in [4.69, 9.17) is 12.2 Å². The Labute approximate surface area is 172 Å². The lowest BCUT2D eigenvalue weighted by Crippen LogP contribution is -2.52. The molecule has 1 aromatic rings. The van der Waals surface area contributed by atoms with E-state index in [1.165, 1.54) is 24.6 Å². The first-order valence-electron chi connectivity index (χ1n) is 9.55. The van der Waals surface area contributed by atoms with Crippen LogP contribution in [0.15, 0.2) is 5.16 Å². The summed E-state index contributed by atoms with van der Waals surface area (Å²) in [5, 5.41) is 4.59. The average Bonchev–Trinajstić information content (AvgIpc) is 2.63.